The van der Waals surface area contributed by atoms with Gasteiger partial charge >= 0.3 is 0 Å². The summed E-state index contributed by atoms with van der Waals surface area (Å²) < 4.78 is 5.79. The van der Waals surface area contributed by atoms with Crippen molar-refractivity contribution < 1.29 is 4.42 Å². The third-order valence-corrected chi connectivity index (χ3v) is 2.54. The molecule has 0 aromatic carbocycles. The second kappa shape index (κ2) is 3.47. The molecule has 66 valence electrons. The molecule has 13 heavy (non-hydrogen) atoms. The van der Waals surface area contributed by atoms with Crippen molar-refractivity contribution in [2.24, 2.45) is 0 Å². The minimum Gasteiger partial charge on any atom is -0.461 e. The van der Waals surface area contributed by atoms with E-state index in [1.807, 2.05) is 0 Å². The molecule has 2 aromatic heterocycles. The Morgan fingerprint density at radius 2 is 2.31 bits per heavy atom. The van der Waals surface area contributed by atoms with Crippen LogP contribution in [0.4, 0.5) is 0 Å². The lowest BCUT2D eigenvalue weighted by molar-refractivity contribution is 0.577. The highest BCUT2D eigenvalue weighted by molar-refractivity contribution is 9.10. The largest absolute Gasteiger partial charge is 0.461 e. The summed E-state index contributed by atoms with van der Waals surface area (Å²) in [5.41, 5.74) is 0. The van der Waals surface area contributed by atoms with Crippen LogP contribution < -0.4 is 0 Å². The quantitative estimate of drug-likeness (QED) is 0.739. The van der Waals surface area contributed by atoms with Crippen LogP contribution in [0.2, 0.25) is 5.15 Å². The molecule has 2 heterocycles. The average Bonchev–Trinajstić information content (AvgIpc) is 2.62. The molecule has 0 aliphatic carbocycles. The van der Waals surface area contributed by atoms with Crippen LogP contribution in [0, 0.1) is 0 Å². The van der Waals surface area contributed by atoms with Gasteiger partial charge in [-0.2, -0.15) is 0 Å². The van der Waals surface area contributed by atoms with Crippen molar-refractivity contribution in [1.82, 2.24) is 9.97 Å². The first kappa shape index (κ1) is 8.72. The maximum atomic E-state index is 5.79. The van der Waals surface area contributed by atoms with Crippen LogP contribution in [0.15, 0.2) is 33.5 Å². The molecule has 0 amide bonds. The van der Waals surface area contributed by atoms with Crippen molar-refractivity contribution in [3.05, 3.63) is 34.2 Å². The fourth-order valence-electron chi connectivity index (χ4n) is 0.871. The van der Waals surface area contributed by atoms with Crippen molar-refractivity contribution in [1.29, 1.82) is 0 Å². The molecule has 0 saturated heterocycles. The van der Waals surface area contributed by atoms with Gasteiger partial charge in [0.05, 0.1) is 10.7 Å². The van der Waals surface area contributed by atoms with Crippen molar-refractivity contribution in [3.8, 4) is 11.6 Å². The summed E-state index contributed by atoms with van der Waals surface area (Å²) in [7, 11) is 0. The van der Waals surface area contributed by atoms with Gasteiger partial charge in [0.25, 0.3) is 0 Å². The predicted octanol–water partition coefficient (Wildman–Crippen LogP) is 3.15. The Bertz CT molecular complexity index is 416. The molecule has 2 rings (SSSR count). The van der Waals surface area contributed by atoms with E-state index in [1.54, 1.807) is 24.6 Å². The summed E-state index contributed by atoms with van der Waals surface area (Å²) in [5, 5.41) is 0.376. The molecule has 0 atom stereocenters. The number of nitrogens with zero attached hydrogens (tertiary/aromatic N) is 2. The van der Waals surface area contributed by atoms with E-state index in [4.69, 9.17) is 16.0 Å². The van der Waals surface area contributed by atoms with Crippen LogP contribution >= 0.6 is 27.5 Å². The van der Waals surface area contributed by atoms with Crippen LogP contribution in [-0.2, 0) is 0 Å². The second-order valence-corrected chi connectivity index (χ2v) is 3.52. The lowest BCUT2D eigenvalue weighted by Crippen LogP contribution is -1.87. The Morgan fingerprint density at radius 1 is 1.46 bits per heavy atom. The summed E-state index contributed by atoms with van der Waals surface area (Å²) in [6.45, 7) is 0. The molecule has 0 spiro atoms. The highest BCUT2D eigenvalue weighted by atomic mass is 79.9. The fourth-order valence-corrected chi connectivity index (χ4v) is 1.19. The molecule has 2 aromatic rings. The molecule has 3 nitrogen and oxygen atoms in total. The van der Waals surface area contributed by atoms with Gasteiger partial charge in [-0.05, 0) is 28.1 Å². The van der Waals surface area contributed by atoms with E-state index in [9.17, 15) is 0 Å². The molecule has 0 fully saturated rings. The first-order valence-electron chi connectivity index (χ1n) is 3.49. The Kier molecular flexibility index (Phi) is 2.33. The lowest BCUT2D eigenvalue weighted by atomic mass is 10.4. The van der Waals surface area contributed by atoms with Gasteiger partial charge in [-0.15, -0.1) is 0 Å². The Hall–Kier alpha value is -0.870. The SMILES string of the molecule is Clc1nc(-c2ccco2)ncc1Br. The summed E-state index contributed by atoms with van der Waals surface area (Å²) in [5.74, 6) is 1.09. The van der Waals surface area contributed by atoms with Gasteiger partial charge in [-0.25, -0.2) is 9.97 Å². The number of hydrogen-bond acceptors (Lipinski definition) is 3. The predicted molar refractivity (Wildman–Crippen MR) is 52.4 cm³/mol. The van der Waals surface area contributed by atoms with Crippen molar-refractivity contribution in [3.63, 3.8) is 0 Å². The molecule has 5 heteroatoms. The molecular weight excluding hydrogens is 255 g/mol. The van der Waals surface area contributed by atoms with E-state index in [-0.39, 0.29) is 0 Å². The van der Waals surface area contributed by atoms with Gasteiger partial charge in [-0.3, -0.25) is 0 Å². The fraction of sp³-hybridized carbons (Fsp3) is 0. The highest BCUT2D eigenvalue weighted by Gasteiger charge is 2.06. The van der Waals surface area contributed by atoms with Gasteiger partial charge in [0.2, 0.25) is 0 Å². The number of furan rings is 1. The lowest BCUT2D eigenvalue weighted by Gasteiger charge is -1.96. The molecule has 0 radical (unpaired) electrons. The first-order valence-corrected chi connectivity index (χ1v) is 4.66. The molecule has 0 unspecified atom stereocenters. The van der Waals surface area contributed by atoms with Gasteiger partial charge < -0.3 is 4.42 Å². The Labute approximate surface area is 87.9 Å². The van der Waals surface area contributed by atoms with Crippen molar-refractivity contribution >= 4 is 27.5 Å². The van der Waals surface area contributed by atoms with E-state index < -0.39 is 0 Å². The maximum Gasteiger partial charge on any atom is 0.197 e. The van der Waals surface area contributed by atoms with Gasteiger partial charge in [0.15, 0.2) is 11.6 Å². The zero-order valence-electron chi connectivity index (χ0n) is 6.37. The normalized spacial score (nSPS) is 10.3. The summed E-state index contributed by atoms with van der Waals surface area (Å²) >= 11 is 9.00. The number of aromatic nitrogens is 2. The maximum absolute atomic E-state index is 5.79. The van der Waals surface area contributed by atoms with Crippen molar-refractivity contribution in [2.45, 2.75) is 0 Å². The first-order chi connectivity index (χ1) is 6.27. The zero-order chi connectivity index (χ0) is 9.26. The Balaban J connectivity index is 2.49. The summed E-state index contributed by atoms with van der Waals surface area (Å²) in [6, 6.07) is 3.55. The van der Waals surface area contributed by atoms with Crippen molar-refractivity contribution in [2.75, 3.05) is 0 Å². The van der Waals surface area contributed by atoms with Crippen LogP contribution in [0.3, 0.4) is 0 Å². The van der Waals surface area contributed by atoms with E-state index in [2.05, 4.69) is 25.9 Å². The van der Waals surface area contributed by atoms with E-state index >= 15 is 0 Å². The molecule has 0 saturated carbocycles. The van der Waals surface area contributed by atoms with E-state index in [0.717, 1.165) is 0 Å². The highest BCUT2D eigenvalue weighted by Crippen LogP contribution is 2.22. The number of halogens is 2. The molecule has 0 bridgehead atoms. The molecular formula is C8H4BrClN2O. The van der Waals surface area contributed by atoms with Crippen LogP contribution in [-0.4, -0.2) is 9.97 Å². The zero-order valence-corrected chi connectivity index (χ0v) is 8.71. The molecule has 0 aliphatic heterocycles. The van der Waals surface area contributed by atoms with Crippen LogP contribution in [0.5, 0.6) is 0 Å². The summed E-state index contributed by atoms with van der Waals surface area (Å²) in [4.78, 5) is 8.07. The number of hydrogen-bond donors (Lipinski definition) is 0. The minimum absolute atomic E-state index is 0.376. The third-order valence-electron chi connectivity index (χ3n) is 1.44. The molecule has 0 N–H and O–H groups in total. The topological polar surface area (TPSA) is 38.9 Å². The van der Waals surface area contributed by atoms with E-state index in [0.29, 0.717) is 21.2 Å². The average molecular weight is 259 g/mol. The standard InChI is InChI=1S/C8H4BrClN2O/c9-5-4-11-8(12-7(5)10)6-2-1-3-13-6/h1-4H. The minimum atomic E-state index is 0.376. The van der Waals surface area contributed by atoms with E-state index in [1.165, 1.54) is 0 Å². The monoisotopic (exact) mass is 258 g/mol. The van der Waals surface area contributed by atoms with Crippen LogP contribution in [0.25, 0.3) is 11.6 Å². The third kappa shape index (κ3) is 1.73. The number of rotatable bonds is 1. The van der Waals surface area contributed by atoms with Gasteiger partial charge in [0, 0.05) is 6.20 Å². The van der Waals surface area contributed by atoms with Gasteiger partial charge in [-0.1, -0.05) is 11.6 Å². The van der Waals surface area contributed by atoms with Gasteiger partial charge in [0.1, 0.15) is 5.15 Å². The van der Waals surface area contributed by atoms with Crippen LogP contribution in [0.1, 0.15) is 0 Å². The second-order valence-electron chi connectivity index (χ2n) is 2.31. The molecule has 0 aliphatic rings. The Morgan fingerprint density at radius 3 is 2.92 bits per heavy atom. The smallest absolute Gasteiger partial charge is 0.197 e. The summed E-state index contributed by atoms with van der Waals surface area (Å²) in [6.07, 6.45) is 3.15.